The molecule has 11 heteroatoms. The predicted molar refractivity (Wildman–Crippen MR) is 139 cm³/mol. The van der Waals surface area contributed by atoms with Crippen molar-refractivity contribution in [2.24, 2.45) is 0 Å². The summed E-state index contributed by atoms with van der Waals surface area (Å²) in [5, 5.41) is 1.01. The molecule has 1 fully saturated rings. The van der Waals surface area contributed by atoms with Gasteiger partial charge in [-0.25, -0.2) is 13.4 Å². The summed E-state index contributed by atoms with van der Waals surface area (Å²) in [5.41, 5.74) is 1.67. The minimum absolute atomic E-state index is 0.0723. The zero-order valence-corrected chi connectivity index (χ0v) is 22.1. The SMILES string of the molecule is COc1ccc(S(=O)(=O)CC(=O)N(CCCN2CCOCC2)c2nc3c(C)ccc(Cl)c3s2)cc1. The summed E-state index contributed by atoms with van der Waals surface area (Å²) in [7, 11) is -2.34. The first-order valence-corrected chi connectivity index (χ1v) is 14.2. The molecule has 2 heterocycles. The topological polar surface area (TPSA) is 89.0 Å². The van der Waals surface area contributed by atoms with Gasteiger partial charge in [0.05, 0.1) is 40.5 Å². The molecular formula is C24H28ClN3O5S2. The number of halogens is 1. The van der Waals surface area contributed by atoms with Gasteiger partial charge in [0.1, 0.15) is 11.5 Å². The zero-order chi connectivity index (χ0) is 25.0. The first kappa shape index (κ1) is 25.8. The average molecular weight is 538 g/mol. The molecule has 0 aliphatic carbocycles. The van der Waals surface area contributed by atoms with E-state index in [4.69, 9.17) is 21.1 Å². The van der Waals surface area contributed by atoms with Crippen LogP contribution in [0.2, 0.25) is 5.02 Å². The fourth-order valence-electron chi connectivity index (χ4n) is 3.92. The number of morpholine rings is 1. The van der Waals surface area contributed by atoms with Crippen molar-refractivity contribution in [1.82, 2.24) is 9.88 Å². The summed E-state index contributed by atoms with van der Waals surface area (Å²) in [6.07, 6.45) is 0.678. The van der Waals surface area contributed by atoms with Crippen LogP contribution in [-0.4, -0.2) is 76.5 Å². The molecule has 2 aromatic carbocycles. The molecule has 0 bridgehead atoms. The number of carbonyl (C=O) groups excluding carboxylic acids is 1. The van der Waals surface area contributed by atoms with Gasteiger partial charge >= 0.3 is 0 Å². The van der Waals surface area contributed by atoms with E-state index in [1.54, 1.807) is 18.2 Å². The highest BCUT2D eigenvalue weighted by atomic mass is 35.5. The third kappa shape index (κ3) is 6.13. The molecule has 0 unspecified atom stereocenters. The molecule has 1 saturated heterocycles. The van der Waals surface area contributed by atoms with Crippen LogP contribution in [0.3, 0.4) is 0 Å². The summed E-state index contributed by atoms with van der Waals surface area (Å²) in [5.74, 6) is -0.628. The highest BCUT2D eigenvalue weighted by Gasteiger charge is 2.27. The Kier molecular flexibility index (Phi) is 8.28. The number of aryl methyl sites for hydroxylation is 1. The standard InChI is InChI=1S/C24H28ClN3O5S2/c1-17-4-9-20(25)23-22(17)26-24(34-23)28(11-3-10-27-12-14-33-15-13-27)21(29)16-35(30,31)19-7-5-18(32-2)6-8-19/h4-9H,3,10-16H2,1-2H3. The highest BCUT2D eigenvalue weighted by molar-refractivity contribution is 7.92. The van der Waals surface area contributed by atoms with Gasteiger partial charge in [0.25, 0.3) is 0 Å². The van der Waals surface area contributed by atoms with Gasteiger partial charge in [-0.05, 0) is 49.2 Å². The molecule has 188 valence electrons. The third-order valence-corrected chi connectivity index (χ3v) is 9.07. The van der Waals surface area contributed by atoms with Crippen molar-refractivity contribution in [2.45, 2.75) is 18.2 Å². The number of hydrogen-bond acceptors (Lipinski definition) is 8. The van der Waals surface area contributed by atoms with E-state index in [0.717, 1.165) is 35.4 Å². The van der Waals surface area contributed by atoms with E-state index in [1.165, 1.54) is 35.5 Å². The summed E-state index contributed by atoms with van der Waals surface area (Å²) in [6.45, 7) is 6.14. The van der Waals surface area contributed by atoms with Crippen molar-refractivity contribution in [3.05, 3.63) is 47.0 Å². The van der Waals surface area contributed by atoms with E-state index in [2.05, 4.69) is 9.88 Å². The Balaban J connectivity index is 1.58. The van der Waals surface area contributed by atoms with Gasteiger partial charge in [-0.2, -0.15) is 0 Å². The number of nitrogens with zero attached hydrogens (tertiary/aromatic N) is 3. The van der Waals surface area contributed by atoms with Crippen molar-refractivity contribution in [3.63, 3.8) is 0 Å². The van der Waals surface area contributed by atoms with Crippen molar-refractivity contribution in [1.29, 1.82) is 0 Å². The van der Waals surface area contributed by atoms with Crippen LogP contribution in [0.25, 0.3) is 10.2 Å². The molecule has 35 heavy (non-hydrogen) atoms. The summed E-state index contributed by atoms with van der Waals surface area (Å²) in [4.78, 5) is 21.9. The number of fused-ring (bicyclic) bond motifs is 1. The Labute approximate surface area is 214 Å². The molecule has 3 aromatic rings. The molecule has 0 spiro atoms. The van der Waals surface area contributed by atoms with Gasteiger partial charge in [0, 0.05) is 26.2 Å². The number of rotatable bonds is 9. The lowest BCUT2D eigenvalue weighted by Crippen LogP contribution is -2.40. The Bertz CT molecular complexity index is 1250. The number of ether oxygens (including phenoxy) is 2. The Morgan fingerprint density at radius 3 is 2.57 bits per heavy atom. The molecule has 1 amide bonds. The highest BCUT2D eigenvalue weighted by Crippen LogP contribution is 2.36. The number of amides is 1. The smallest absolute Gasteiger partial charge is 0.244 e. The lowest BCUT2D eigenvalue weighted by atomic mass is 10.2. The van der Waals surface area contributed by atoms with Gasteiger partial charge in [0.2, 0.25) is 5.91 Å². The lowest BCUT2D eigenvalue weighted by molar-refractivity contribution is -0.116. The van der Waals surface area contributed by atoms with E-state index in [1.807, 2.05) is 13.0 Å². The average Bonchev–Trinajstić information content (AvgIpc) is 3.31. The van der Waals surface area contributed by atoms with E-state index in [9.17, 15) is 13.2 Å². The maximum absolute atomic E-state index is 13.4. The van der Waals surface area contributed by atoms with E-state index >= 15 is 0 Å². The van der Waals surface area contributed by atoms with Crippen LogP contribution in [0.4, 0.5) is 5.13 Å². The summed E-state index contributed by atoms with van der Waals surface area (Å²) < 4.78 is 37.3. The minimum atomic E-state index is -3.85. The minimum Gasteiger partial charge on any atom is -0.497 e. The first-order chi connectivity index (χ1) is 16.8. The molecule has 4 rings (SSSR count). The molecule has 0 N–H and O–H groups in total. The zero-order valence-electron chi connectivity index (χ0n) is 19.7. The number of sulfone groups is 1. The van der Waals surface area contributed by atoms with Gasteiger partial charge < -0.3 is 9.47 Å². The number of methoxy groups -OCH3 is 1. The third-order valence-electron chi connectivity index (χ3n) is 5.91. The van der Waals surface area contributed by atoms with E-state index < -0.39 is 21.5 Å². The first-order valence-electron chi connectivity index (χ1n) is 11.3. The fraction of sp³-hybridized carbons (Fsp3) is 0.417. The molecule has 1 aromatic heterocycles. The second-order valence-electron chi connectivity index (χ2n) is 8.33. The van der Waals surface area contributed by atoms with Crippen LogP contribution in [0, 0.1) is 6.92 Å². The fourth-order valence-corrected chi connectivity index (χ4v) is 6.48. The molecule has 8 nitrogen and oxygen atoms in total. The Morgan fingerprint density at radius 1 is 1.20 bits per heavy atom. The largest absolute Gasteiger partial charge is 0.497 e. The maximum Gasteiger partial charge on any atom is 0.244 e. The van der Waals surface area contributed by atoms with Crippen LogP contribution in [-0.2, 0) is 19.4 Å². The predicted octanol–water partition coefficient (Wildman–Crippen LogP) is 3.80. The Morgan fingerprint density at radius 2 is 1.91 bits per heavy atom. The molecular weight excluding hydrogens is 510 g/mol. The van der Waals surface area contributed by atoms with Crippen LogP contribution in [0.15, 0.2) is 41.3 Å². The van der Waals surface area contributed by atoms with E-state index in [0.29, 0.717) is 42.1 Å². The van der Waals surface area contributed by atoms with Gasteiger partial charge in [-0.3, -0.25) is 14.6 Å². The lowest BCUT2D eigenvalue weighted by Gasteiger charge is -2.27. The molecule has 0 radical (unpaired) electrons. The van der Waals surface area contributed by atoms with Gasteiger partial charge in [0.15, 0.2) is 15.0 Å². The van der Waals surface area contributed by atoms with Crippen molar-refractivity contribution >= 4 is 54.0 Å². The van der Waals surface area contributed by atoms with Gasteiger partial charge in [-0.1, -0.05) is 29.0 Å². The number of benzene rings is 2. The van der Waals surface area contributed by atoms with Gasteiger partial charge in [-0.15, -0.1) is 0 Å². The summed E-state index contributed by atoms with van der Waals surface area (Å²) >= 11 is 7.69. The van der Waals surface area contributed by atoms with Crippen LogP contribution < -0.4 is 9.64 Å². The number of hydrogen-bond donors (Lipinski definition) is 0. The number of carbonyl (C=O) groups is 1. The number of aromatic nitrogens is 1. The second-order valence-corrected chi connectivity index (χ2v) is 11.7. The van der Waals surface area contributed by atoms with Crippen LogP contribution in [0.1, 0.15) is 12.0 Å². The van der Waals surface area contributed by atoms with Crippen molar-refractivity contribution < 1.29 is 22.7 Å². The van der Waals surface area contributed by atoms with Crippen LogP contribution in [0.5, 0.6) is 5.75 Å². The van der Waals surface area contributed by atoms with Crippen molar-refractivity contribution in [3.8, 4) is 5.75 Å². The summed E-state index contributed by atoms with van der Waals surface area (Å²) in [6, 6.07) is 9.72. The van der Waals surface area contributed by atoms with E-state index in [-0.39, 0.29) is 4.90 Å². The molecule has 0 saturated carbocycles. The monoisotopic (exact) mass is 537 g/mol. The molecule has 0 atom stereocenters. The normalized spacial score (nSPS) is 14.8. The number of anilines is 1. The van der Waals surface area contributed by atoms with Crippen LogP contribution >= 0.6 is 22.9 Å². The Hall–Kier alpha value is -2.24. The quantitative estimate of drug-likeness (QED) is 0.410. The van der Waals surface area contributed by atoms with Crippen molar-refractivity contribution in [2.75, 3.05) is 57.2 Å². The second kappa shape index (κ2) is 11.2. The number of thiazole rings is 1. The molecule has 1 aliphatic heterocycles. The molecule has 1 aliphatic rings. The maximum atomic E-state index is 13.4.